The summed E-state index contributed by atoms with van der Waals surface area (Å²) in [7, 11) is 0. The van der Waals surface area contributed by atoms with E-state index >= 15 is 0 Å². The molecule has 2 aliphatic heterocycles. The molecule has 6 heteroatoms. The molecule has 0 saturated carbocycles. The number of carbonyl (C=O) groups is 2. The molecular weight excluding hydrogens is 420 g/mol. The number of aryl methyl sites for hydroxylation is 2. The number of cyclic esters (lactones) is 1. The number of ether oxygens (including phenoxy) is 4. The highest BCUT2D eigenvalue weighted by molar-refractivity contribution is 6.02. The molecule has 2 aromatic rings. The van der Waals surface area contributed by atoms with Gasteiger partial charge in [-0.3, -0.25) is 0 Å². The van der Waals surface area contributed by atoms with Gasteiger partial charge in [0.05, 0.1) is 12.2 Å². The molecular formula is C27H32O6. The summed E-state index contributed by atoms with van der Waals surface area (Å²) >= 11 is 0. The maximum atomic E-state index is 13.3. The molecule has 0 aliphatic carbocycles. The Morgan fingerprint density at radius 2 is 1.76 bits per heavy atom. The maximum absolute atomic E-state index is 13.3. The van der Waals surface area contributed by atoms with E-state index in [1.807, 2.05) is 39.0 Å². The van der Waals surface area contributed by atoms with Crippen LogP contribution in [0.1, 0.15) is 80.9 Å². The Morgan fingerprint density at radius 1 is 1.00 bits per heavy atom. The Bertz CT molecular complexity index is 1120. The molecule has 0 fully saturated rings. The minimum Gasteiger partial charge on any atom is -0.482 e. The molecule has 0 amide bonds. The second-order valence-electron chi connectivity index (χ2n) is 9.39. The van der Waals surface area contributed by atoms with Gasteiger partial charge in [-0.2, -0.15) is 0 Å². The van der Waals surface area contributed by atoms with Crippen LogP contribution in [0, 0.1) is 6.92 Å². The van der Waals surface area contributed by atoms with Crippen molar-refractivity contribution in [1.29, 1.82) is 0 Å². The predicted octanol–water partition coefficient (Wildman–Crippen LogP) is 5.85. The lowest BCUT2D eigenvalue weighted by molar-refractivity contribution is -0.198. The van der Waals surface area contributed by atoms with Gasteiger partial charge in [0.25, 0.3) is 0 Å². The molecule has 0 spiro atoms. The number of benzene rings is 2. The van der Waals surface area contributed by atoms with Crippen molar-refractivity contribution in [2.45, 2.75) is 78.6 Å². The Hall–Kier alpha value is -3.02. The van der Waals surface area contributed by atoms with Crippen LogP contribution in [0.2, 0.25) is 0 Å². The van der Waals surface area contributed by atoms with Crippen LogP contribution < -0.4 is 9.47 Å². The first-order chi connectivity index (χ1) is 15.6. The van der Waals surface area contributed by atoms with Crippen LogP contribution in [-0.4, -0.2) is 24.3 Å². The van der Waals surface area contributed by atoms with Gasteiger partial charge in [-0.1, -0.05) is 43.5 Å². The summed E-state index contributed by atoms with van der Waals surface area (Å²) in [6.07, 6.45) is 3.70. The summed E-state index contributed by atoms with van der Waals surface area (Å²) in [5.74, 6) is -2.22. The standard InChI is InChI=1S/C27H32O6/c1-7-9-10-11-17-15-20-22(18-14-16(3)12-13-19(18)26(4,5)31-20)23-21(17)24(28)33-27(6,32-23)25(29)30-8-2/h12-15H,7-11H2,1-6H3. The summed E-state index contributed by atoms with van der Waals surface area (Å²) < 4.78 is 23.4. The highest BCUT2D eigenvalue weighted by Crippen LogP contribution is 2.53. The second-order valence-corrected chi connectivity index (χ2v) is 9.39. The number of hydrogen-bond donors (Lipinski definition) is 0. The van der Waals surface area contributed by atoms with Crippen molar-refractivity contribution in [2.75, 3.05) is 6.61 Å². The van der Waals surface area contributed by atoms with Crippen LogP contribution >= 0.6 is 0 Å². The summed E-state index contributed by atoms with van der Waals surface area (Å²) in [5.41, 5.74) is 4.27. The van der Waals surface area contributed by atoms with Crippen molar-refractivity contribution in [1.82, 2.24) is 0 Å². The van der Waals surface area contributed by atoms with Crippen LogP contribution in [0.25, 0.3) is 11.1 Å². The van der Waals surface area contributed by atoms with Crippen molar-refractivity contribution in [3.63, 3.8) is 0 Å². The van der Waals surface area contributed by atoms with E-state index in [4.69, 9.17) is 18.9 Å². The molecule has 1 atom stereocenters. The van der Waals surface area contributed by atoms with Crippen molar-refractivity contribution in [3.05, 3.63) is 46.5 Å². The van der Waals surface area contributed by atoms with E-state index < -0.39 is 23.3 Å². The van der Waals surface area contributed by atoms with Gasteiger partial charge in [-0.25, -0.2) is 9.59 Å². The van der Waals surface area contributed by atoms with E-state index in [2.05, 4.69) is 13.0 Å². The van der Waals surface area contributed by atoms with Crippen molar-refractivity contribution >= 4 is 11.9 Å². The quantitative estimate of drug-likeness (QED) is 0.404. The number of rotatable bonds is 6. The van der Waals surface area contributed by atoms with Crippen molar-refractivity contribution in [2.24, 2.45) is 0 Å². The lowest BCUT2D eigenvalue weighted by Crippen LogP contribution is -2.50. The fourth-order valence-electron chi connectivity index (χ4n) is 4.62. The molecule has 1 unspecified atom stereocenters. The third kappa shape index (κ3) is 3.96. The van der Waals surface area contributed by atoms with Gasteiger partial charge in [0.2, 0.25) is 0 Å². The van der Waals surface area contributed by atoms with Gasteiger partial charge in [0, 0.05) is 12.5 Å². The second kappa shape index (κ2) is 8.40. The zero-order valence-electron chi connectivity index (χ0n) is 20.3. The minimum atomic E-state index is -1.87. The lowest BCUT2D eigenvalue weighted by Gasteiger charge is -2.39. The smallest absolute Gasteiger partial charge is 0.392 e. The zero-order valence-corrected chi connectivity index (χ0v) is 20.3. The van der Waals surface area contributed by atoms with Gasteiger partial charge < -0.3 is 18.9 Å². The highest BCUT2D eigenvalue weighted by atomic mass is 16.8. The van der Waals surface area contributed by atoms with Crippen LogP contribution in [0.15, 0.2) is 24.3 Å². The fraction of sp³-hybridized carbons (Fsp3) is 0.481. The third-order valence-electron chi connectivity index (χ3n) is 6.27. The van der Waals surface area contributed by atoms with Crippen LogP contribution in [0.4, 0.5) is 0 Å². The summed E-state index contributed by atoms with van der Waals surface area (Å²) in [4.78, 5) is 26.0. The third-order valence-corrected chi connectivity index (χ3v) is 6.27. The molecule has 0 radical (unpaired) electrons. The molecule has 0 saturated heterocycles. The monoisotopic (exact) mass is 452 g/mol. The largest absolute Gasteiger partial charge is 0.482 e. The van der Waals surface area contributed by atoms with E-state index in [0.29, 0.717) is 29.0 Å². The van der Waals surface area contributed by atoms with E-state index in [-0.39, 0.29) is 6.61 Å². The van der Waals surface area contributed by atoms with Gasteiger partial charge in [-0.15, -0.1) is 0 Å². The Labute approximate surface area is 195 Å². The summed E-state index contributed by atoms with van der Waals surface area (Å²) in [6.45, 7) is 11.5. The molecule has 176 valence electrons. The molecule has 4 rings (SSSR count). The number of fused-ring (bicyclic) bond motifs is 5. The number of esters is 2. The molecule has 0 aromatic heterocycles. The Morgan fingerprint density at radius 3 is 2.45 bits per heavy atom. The molecule has 0 N–H and O–H groups in total. The molecule has 2 aromatic carbocycles. The molecule has 33 heavy (non-hydrogen) atoms. The number of hydrogen-bond acceptors (Lipinski definition) is 6. The molecule has 2 heterocycles. The normalized spacial score (nSPS) is 19.9. The maximum Gasteiger partial charge on any atom is 0.392 e. The lowest BCUT2D eigenvalue weighted by atomic mass is 9.82. The molecule has 6 nitrogen and oxygen atoms in total. The summed E-state index contributed by atoms with van der Waals surface area (Å²) in [6, 6.07) is 8.09. The van der Waals surface area contributed by atoms with E-state index in [1.165, 1.54) is 6.92 Å². The van der Waals surface area contributed by atoms with E-state index in [9.17, 15) is 9.59 Å². The van der Waals surface area contributed by atoms with Gasteiger partial charge in [-0.05, 0) is 57.7 Å². The van der Waals surface area contributed by atoms with Gasteiger partial charge in [0.1, 0.15) is 16.9 Å². The number of carbonyl (C=O) groups excluding carboxylic acids is 2. The van der Waals surface area contributed by atoms with E-state index in [1.54, 1.807) is 6.92 Å². The first-order valence-electron chi connectivity index (χ1n) is 11.7. The summed E-state index contributed by atoms with van der Waals surface area (Å²) in [5, 5.41) is 0. The van der Waals surface area contributed by atoms with Crippen molar-refractivity contribution in [3.8, 4) is 22.6 Å². The van der Waals surface area contributed by atoms with Crippen molar-refractivity contribution < 1.29 is 28.5 Å². The minimum absolute atomic E-state index is 0.149. The average Bonchev–Trinajstić information content (AvgIpc) is 2.72. The Kier molecular flexibility index (Phi) is 5.89. The number of unbranched alkanes of at least 4 members (excludes halogenated alkanes) is 2. The first kappa shape index (κ1) is 23.1. The SMILES string of the molecule is CCCCCc1cc2c(c3c1C(=O)OC(C)(C(=O)OCC)O3)-c1cc(C)ccc1C(C)(C)O2. The first-order valence-corrected chi connectivity index (χ1v) is 11.7. The fourth-order valence-corrected chi connectivity index (χ4v) is 4.62. The Balaban J connectivity index is 1.97. The van der Waals surface area contributed by atoms with Gasteiger partial charge in [0.15, 0.2) is 5.75 Å². The van der Waals surface area contributed by atoms with Gasteiger partial charge >= 0.3 is 17.7 Å². The average molecular weight is 453 g/mol. The van der Waals surface area contributed by atoms with E-state index in [0.717, 1.165) is 41.5 Å². The predicted molar refractivity (Wildman–Crippen MR) is 125 cm³/mol. The molecule has 2 aliphatic rings. The van der Waals surface area contributed by atoms with Crippen LogP contribution in [-0.2, 0) is 26.3 Å². The topological polar surface area (TPSA) is 71.1 Å². The molecule has 0 bridgehead atoms. The van der Waals surface area contributed by atoms with Crippen LogP contribution in [0.5, 0.6) is 11.5 Å². The van der Waals surface area contributed by atoms with Crippen LogP contribution in [0.3, 0.4) is 0 Å². The zero-order chi connectivity index (χ0) is 24.0. The highest BCUT2D eigenvalue weighted by Gasteiger charge is 2.50.